The molecule has 0 heteroatoms. The van der Waals surface area contributed by atoms with Crippen LogP contribution in [0.25, 0.3) is 11.6 Å². The Morgan fingerprint density at radius 3 is 2.26 bits per heavy atom. The molecule has 0 aliphatic heterocycles. The molecule has 0 heterocycles. The highest BCUT2D eigenvalue weighted by atomic mass is 14.0. The standard InChI is InChI=1S/C19H20/c1-3-7-18(19-8-5-4-6-9-19)15-14-17-12-10-16(2)11-13-17/h4-15H,3H2,1-2H3/b15-14+,18-7-. The van der Waals surface area contributed by atoms with E-state index < -0.39 is 0 Å². The average molecular weight is 248 g/mol. The maximum Gasteiger partial charge on any atom is -0.0187 e. The first-order chi connectivity index (χ1) is 9.29. The molecule has 0 N–H and O–H groups in total. The van der Waals surface area contributed by atoms with Crippen molar-refractivity contribution in [1.29, 1.82) is 0 Å². The Bertz CT molecular complexity index is 557. The van der Waals surface area contributed by atoms with Gasteiger partial charge in [0, 0.05) is 0 Å². The van der Waals surface area contributed by atoms with Crippen molar-refractivity contribution in [1.82, 2.24) is 0 Å². The molecule has 0 saturated carbocycles. The third-order valence-electron chi connectivity index (χ3n) is 3.06. The topological polar surface area (TPSA) is 0 Å². The van der Waals surface area contributed by atoms with Crippen LogP contribution in [0.5, 0.6) is 0 Å². The van der Waals surface area contributed by atoms with Gasteiger partial charge in [0.1, 0.15) is 0 Å². The second-order valence-corrected chi connectivity index (χ2v) is 4.68. The van der Waals surface area contributed by atoms with Crippen LogP contribution < -0.4 is 0 Å². The summed E-state index contributed by atoms with van der Waals surface area (Å²) in [6, 6.07) is 19.1. The predicted molar refractivity (Wildman–Crippen MR) is 84.9 cm³/mol. The minimum absolute atomic E-state index is 1.04. The van der Waals surface area contributed by atoms with Gasteiger partial charge in [0.15, 0.2) is 0 Å². The zero-order valence-corrected chi connectivity index (χ0v) is 11.6. The first-order valence-electron chi connectivity index (χ1n) is 6.80. The predicted octanol–water partition coefficient (Wildman–Crippen LogP) is 5.50. The average Bonchev–Trinajstić information content (AvgIpc) is 2.46. The summed E-state index contributed by atoms with van der Waals surface area (Å²) in [5, 5.41) is 0. The quantitative estimate of drug-likeness (QED) is 0.626. The molecule has 0 aromatic heterocycles. The zero-order chi connectivity index (χ0) is 13.5. The Morgan fingerprint density at radius 1 is 0.947 bits per heavy atom. The van der Waals surface area contributed by atoms with E-state index in [0.29, 0.717) is 0 Å². The monoisotopic (exact) mass is 248 g/mol. The Balaban J connectivity index is 2.22. The lowest BCUT2D eigenvalue weighted by molar-refractivity contribution is 1.23. The Labute approximate surface area is 116 Å². The summed E-state index contributed by atoms with van der Waals surface area (Å²) in [6.07, 6.45) is 7.68. The fourth-order valence-corrected chi connectivity index (χ4v) is 2.00. The molecule has 0 unspecified atom stereocenters. The molecule has 0 aliphatic rings. The van der Waals surface area contributed by atoms with Gasteiger partial charge in [0.25, 0.3) is 0 Å². The summed E-state index contributed by atoms with van der Waals surface area (Å²) in [5.41, 5.74) is 5.09. The summed E-state index contributed by atoms with van der Waals surface area (Å²) in [6.45, 7) is 4.28. The van der Waals surface area contributed by atoms with E-state index >= 15 is 0 Å². The third kappa shape index (κ3) is 3.96. The van der Waals surface area contributed by atoms with Crippen LogP contribution in [0.3, 0.4) is 0 Å². The number of hydrogen-bond donors (Lipinski definition) is 0. The first-order valence-corrected chi connectivity index (χ1v) is 6.80. The van der Waals surface area contributed by atoms with Gasteiger partial charge in [-0.05, 0) is 30.0 Å². The smallest absolute Gasteiger partial charge is 0.0187 e. The molecular formula is C19H20. The molecule has 0 radical (unpaired) electrons. The molecule has 2 aromatic rings. The highest BCUT2D eigenvalue weighted by Crippen LogP contribution is 2.18. The minimum Gasteiger partial charge on any atom is -0.0769 e. The van der Waals surface area contributed by atoms with Gasteiger partial charge < -0.3 is 0 Å². The third-order valence-corrected chi connectivity index (χ3v) is 3.06. The Kier molecular flexibility index (Phi) is 4.74. The van der Waals surface area contributed by atoms with Gasteiger partial charge in [-0.3, -0.25) is 0 Å². The molecule has 0 atom stereocenters. The summed E-state index contributed by atoms with van der Waals surface area (Å²) in [5.74, 6) is 0. The summed E-state index contributed by atoms with van der Waals surface area (Å²) in [7, 11) is 0. The molecule has 2 aromatic carbocycles. The molecule has 0 bridgehead atoms. The molecular weight excluding hydrogens is 228 g/mol. The van der Waals surface area contributed by atoms with Crippen molar-refractivity contribution in [2.24, 2.45) is 0 Å². The van der Waals surface area contributed by atoms with Crippen molar-refractivity contribution in [2.45, 2.75) is 20.3 Å². The van der Waals surface area contributed by atoms with E-state index in [-0.39, 0.29) is 0 Å². The van der Waals surface area contributed by atoms with Crippen molar-refractivity contribution in [3.05, 3.63) is 83.4 Å². The zero-order valence-electron chi connectivity index (χ0n) is 11.6. The van der Waals surface area contributed by atoms with Crippen LogP contribution in [0.4, 0.5) is 0 Å². The van der Waals surface area contributed by atoms with Gasteiger partial charge in [0.2, 0.25) is 0 Å². The molecule has 19 heavy (non-hydrogen) atoms. The van der Waals surface area contributed by atoms with E-state index in [9.17, 15) is 0 Å². The molecule has 2 rings (SSSR count). The summed E-state index contributed by atoms with van der Waals surface area (Å²) in [4.78, 5) is 0. The molecule has 96 valence electrons. The normalized spacial score (nSPS) is 12.0. The van der Waals surface area contributed by atoms with Gasteiger partial charge in [-0.2, -0.15) is 0 Å². The van der Waals surface area contributed by atoms with E-state index in [1.807, 2.05) is 0 Å². The fourth-order valence-electron chi connectivity index (χ4n) is 2.00. The molecule has 0 saturated heterocycles. The molecule has 0 fully saturated rings. The van der Waals surface area contributed by atoms with Crippen LogP contribution in [0.15, 0.2) is 66.7 Å². The second-order valence-electron chi connectivity index (χ2n) is 4.68. The van der Waals surface area contributed by atoms with Gasteiger partial charge in [-0.25, -0.2) is 0 Å². The van der Waals surface area contributed by atoms with Gasteiger partial charge in [-0.1, -0.05) is 85.3 Å². The molecule has 0 nitrogen and oxygen atoms in total. The van der Waals surface area contributed by atoms with E-state index in [2.05, 4.69) is 86.7 Å². The maximum atomic E-state index is 2.26. The number of rotatable bonds is 4. The second kappa shape index (κ2) is 6.75. The highest BCUT2D eigenvalue weighted by molar-refractivity contribution is 5.78. The van der Waals surface area contributed by atoms with Crippen LogP contribution in [0, 0.1) is 6.92 Å². The lowest BCUT2D eigenvalue weighted by Gasteiger charge is -2.02. The number of aryl methyl sites for hydroxylation is 1. The SMILES string of the molecule is CC/C=C(/C=C/c1ccc(C)cc1)c1ccccc1. The van der Waals surface area contributed by atoms with Crippen LogP contribution in [-0.2, 0) is 0 Å². The van der Waals surface area contributed by atoms with Gasteiger partial charge >= 0.3 is 0 Å². The highest BCUT2D eigenvalue weighted by Gasteiger charge is 1.96. The van der Waals surface area contributed by atoms with Crippen molar-refractivity contribution < 1.29 is 0 Å². The maximum absolute atomic E-state index is 2.26. The molecule has 0 spiro atoms. The summed E-state index contributed by atoms with van der Waals surface area (Å²) < 4.78 is 0. The number of benzene rings is 2. The fraction of sp³-hybridized carbons (Fsp3) is 0.158. The Hall–Kier alpha value is -2.08. The molecule has 0 amide bonds. The lowest BCUT2D eigenvalue weighted by Crippen LogP contribution is -1.80. The van der Waals surface area contributed by atoms with Gasteiger partial charge in [-0.15, -0.1) is 0 Å². The first kappa shape index (κ1) is 13.4. The molecule has 0 aliphatic carbocycles. The van der Waals surface area contributed by atoms with Crippen molar-refractivity contribution in [3.63, 3.8) is 0 Å². The number of hydrogen-bond acceptors (Lipinski definition) is 0. The summed E-state index contributed by atoms with van der Waals surface area (Å²) >= 11 is 0. The lowest BCUT2D eigenvalue weighted by atomic mass is 10.0. The van der Waals surface area contributed by atoms with E-state index in [1.54, 1.807) is 0 Å². The van der Waals surface area contributed by atoms with Crippen LogP contribution in [0.2, 0.25) is 0 Å². The van der Waals surface area contributed by atoms with Crippen molar-refractivity contribution in [2.75, 3.05) is 0 Å². The van der Waals surface area contributed by atoms with Crippen LogP contribution in [0.1, 0.15) is 30.0 Å². The minimum atomic E-state index is 1.04. The van der Waals surface area contributed by atoms with E-state index in [0.717, 1.165) is 6.42 Å². The Morgan fingerprint density at radius 2 is 1.63 bits per heavy atom. The van der Waals surface area contributed by atoms with Crippen LogP contribution >= 0.6 is 0 Å². The van der Waals surface area contributed by atoms with E-state index in [4.69, 9.17) is 0 Å². The largest absolute Gasteiger partial charge is 0.0769 e. The number of allylic oxidation sites excluding steroid dienone is 3. The van der Waals surface area contributed by atoms with Gasteiger partial charge in [0.05, 0.1) is 0 Å². The van der Waals surface area contributed by atoms with Crippen molar-refractivity contribution in [3.8, 4) is 0 Å². The van der Waals surface area contributed by atoms with E-state index in [1.165, 1.54) is 22.3 Å². The van der Waals surface area contributed by atoms with Crippen molar-refractivity contribution >= 4 is 11.6 Å². The van der Waals surface area contributed by atoms with Crippen LogP contribution in [-0.4, -0.2) is 0 Å².